The van der Waals surface area contributed by atoms with Gasteiger partial charge in [-0.15, -0.1) is 0 Å². The average molecular weight is 302 g/mol. The maximum atomic E-state index is 12.4. The van der Waals surface area contributed by atoms with Crippen molar-refractivity contribution in [2.75, 3.05) is 31.3 Å². The molecule has 2 heterocycles. The summed E-state index contributed by atoms with van der Waals surface area (Å²) in [4.78, 5) is 14.3. The van der Waals surface area contributed by atoms with E-state index in [1.165, 1.54) is 0 Å². The number of hydrogen-bond acceptors (Lipinski definition) is 4. The number of amides is 2. The molecule has 3 aliphatic rings. The lowest BCUT2D eigenvalue weighted by Gasteiger charge is -2.26. The Morgan fingerprint density at radius 1 is 1.25 bits per heavy atom. The van der Waals surface area contributed by atoms with E-state index in [1.807, 2.05) is 4.90 Å². The molecule has 0 radical (unpaired) electrons. The first kappa shape index (κ1) is 14.1. The van der Waals surface area contributed by atoms with E-state index < -0.39 is 9.84 Å². The van der Waals surface area contributed by atoms with Crippen LogP contribution in [0.25, 0.3) is 0 Å². The molecule has 1 saturated carbocycles. The maximum Gasteiger partial charge on any atom is 0.317 e. The Hall–Kier alpha value is -0.820. The minimum absolute atomic E-state index is 0.0871. The average Bonchev–Trinajstić information content (AvgIpc) is 2.98. The second-order valence-electron chi connectivity index (χ2n) is 6.16. The van der Waals surface area contributed by atoms with E-state index in [-0.39, 0.29) is 23.6 Å². The van der Waals surface area contributed by atoms with Gasteiger partial charge >= 0.3 is 6.03 Å². The summed E-state index contributed by atoms with van der Waals surface area (Å²) in [5, 5.41) is 2.90. The molecule has 0 unspecified atom stereocenters. The molecule has 1 N–H and O–H groups in total. The SMILES string of the molecule is O=C(N[C@@H]1CCS(=O)(=O)C1)N(C[C@H]1CCOC1)C1CC1. The fourth-order valence-electron chi connectivity index (χ4n) is 2.96. The molecule has 3 fully saturated rings. The predicted molar refractivity (Wildman–Crippen MR) is 74.2 cm³/mol. The van der Waals surface area contributed by atoms with Crippen LogP contribution in [-0.4, -0.2) is 62.7 Å². The molecule has 0 aromatic rings. The highest BCUT2D eigenvalue weighted by Gasteiger charge is 2.37. The minimum Gasteiger partial charge on any atom is -0.381 e. The van der Waals surface area contributed by atoms with Gasteiger partial charge in [0.2, 0.25) is 0 Å². The lowest BCUT2D eigenvalue weighted by atomic mass is 10.1. The number of nitrogens with zero attached hydrogens (tertiary/aromatic N) is 1. The first-order valence-corrected chi connectivity index (χ1v) is 9.21. The number of ether oxygens (including phenoxy) is 1. The molecule has 2 atom stereocenters. The van der Waals surface area contributed by atoms with Gasteiger partial charge in [0.05, 0.1) is 18.1 Å². The Bertz CT molecular complexity index is 469. The van der Waals surface area contributed by atoms with Crippen LogP contribution in [0.15, 0.2) is 0 Å². The number of nitrogens with one attached hydrogen (secondary N) is 1. The molecule has 2 amide bonds. The Balaban J connectivity index is 1.55. The van der Waals surface area contributed by atoms with Crippen molar-refractivity contribution in [1.29, 1.82) is 0 Å². The van der Waals surface area contributed by atoms with Gasteiger partial charge in [0.25, 0.3) is 0 Å². The molecule has 0 aromatic heterocycles. The highest BCUT2D eigenvalue weighted by atomic mass is 32.2. The van der Waals surface area contributed by atoms with Crippen LogP contribution in [-0.2, 0) is 14.6 Å². The normalized spacial score (nSPS) is 32.2. The molecule has 114 valence electrons. The molecular formula is C13H22N2O4S. The third-order valence-electron chi connectivity index (χ3n) is 4.29. The fourth-order valence-corrected chi connectivity index (χ4v) is 4.63. The standard InChI is InChI=1S/C13H22N2O4S/c16-13(14-11-4-6-20(17,18)9-11)15(12-1-2-12)7-10-3-5-19-8-10/h10-12H,1-9H2,(H,14,16)/t10-,11-/m1/s1. The zero-order chi connectivity index (χ0) is 14.2. The summed E-state index contributed by atoms with van der Waals surface area (Å²) in [6, 6.07) is 0.0312. The van der Waals surface area contributed by atoms with Crippen LogP contribution in [0.2, 0.25) is 0 Å². The minimum atomic E-state index is -2.95. The van der Waals surface area contributed by atoms with Crippen molar-refractivity contribution in [2.24, 2.45) is 5.92 Å². The van der Waals surface area contributed by atoms with Crippen LogP contribution < -0.4 is 5.32 Å². The van der Waals surface area contributed by atoms with Gasteiger partial charge in [0.15, 0.2) is 9.84 Å². The van der Waals surface area contributed by atoms with Crippen LogP contribution >= 0.6 is 0 Å². The highest BCUT2D eigenvalue weighted by molar-refractivity contribution is 7.91. The molecule has 7 heteroatoms. The molecule has 0 spiro atoms. The quantitative estimate of drug-likeness (QED) is 0.815. The van der Waals surface area contributed by atoms with Crippen molar-refractivity contribution in [3.63, 3.8) is 0 Å². The lowest BCUT2D eigenvalue weighted by molar-refractivity contribution is 0.161. The zero-order valence-electron chi connectivity index (χ0n) is 11.6. The van der Waals surface area contributed by atoms with Crippen molar-refractivity contribution in [3.8, 4) is 0 Å². The summed E-state index contributed by atoms with van der Waals surface area (Å²) in [6.45, 7) is 2.25. The lowest BCUT2D eigenvalue weighted by Crippen LogP contribution is -2.48. The number of carbonyl (C=O) groups excluding carboxylic acids is 1. The number of urea groups is 1. The largest absolute Gasteiger partial charge is 0.381 e. The first-order chi connectivity index (χ1) is 9.53. The summed E-state index contributed by atoms with van der Waals surface area (Å²) in [6.07, 6.45) is 3.67. The van der Waals surface area contributed by atoms with Gasteiger partial charge in [0, 0.05) is 31.2 Å². The van der Waals surface area contributed by atoms with Crippen LogP contribution in [0.5, 0.6) is 0 Å². The Morgan fingerprint density at radius 2 is 2.05 bits per heavy atom. The van der Waals surface area contributed by atoms with Crippen LogP contribution in [0.3, 0.4) is 0 Å². The number of sulfone groups is 1. The number of rotatable bonds is 4. The zero-order valence-corrected chi connectivity index (χ0v) is 12.4. The molecule has 2 aliphatic heterocycles. The van der Waals surface area contributed by atoms with Gasteiger partial charge in [-0.3, -0.25) is 0 Å². The maximum absolute atomic E-state index is 12.4. The van der Waals surface area contributed by atoms with Crippen molar-refractivity contribution in [1.82, 2.24) is 10.2 Å². The number of carbonyl (C=O) groups is 1. The van der Waals surface area contributed by atoms with E-state index >= 15 is 0 Å². The van der Waals surface area contributed by atoms with Crippen LogP contribution in [0.1, 0.15) is 25.7 Å². The molecule has 0 aromatic carbocycles. The van der Waals surface area contributed by atoms with Gasteiger partial charge in [-0.25, -0.2) is 13.2 Å². The fraction of sp³-hybridized carbons (Fsp3) is 0.923. The van der Waals surface area contributed by atoms with Crippen molar-refractivity contribution in [3.05, 3.63) is 0 Å². The Morgan fingerprint density at radius 3 is 2.60 bits per heavy atom. The highest BCUT2D eigenvalue weighted by Crippen LogP contribution is 2.29. The Labute approximate surface area is 119 Å². The van der Waals surface area contributed by atoms with E-state index in [1.54, 1.807) is 0 Å². The van der Waals surface area contributed by atoms with Crippen molar-refractivity contribution in [2.45, 2.75) is 37.8 Å². The van der Waals surface area contributed by atoms with Gasteiger partial charge < -0.3 is 15.0 Å². The van der Waals surface area contributed by atoms with E-state index in [2.05, 4.69) is 5.32 Å². The van der Waals surface area contributed by atoms with E-state index in [4.69, 9.17) is 4.74 Å². The molecule has 1 aliphatic carbocycles. The first-order valence-electron chi connectivity index (χ1n) is 7.39. The second-order valence-corrected chi connectivity index (χ2v) is 8.39. The van der Waals surface area contributed by atoms with Gasteiger partial charge in [-0.1, -0.05) is 0 Å². The van der Waals surface area contributed by atoms with Gasteiger partial charge in [-0.05, 0) is 25.7 Å². The molecule has 20 heavy (non-hydrogen) atoms. The summed E-state index contributed by atoms with van der Waals surface area (Å²) >= 11 is 0. The topological polar surface area (TPSA) is 75.7 Å². The summed E-state index contributed by atoms with van der Waals surface area (Å²) in [7, 11) is -2.95. The Kier molecular flexibility index (Phi) is 3.90. The third kappa shape index (κ3) is 3.44. The van der Waals surface area contributed by atoms with Gasteiger partial charge in [-0.2, -0.15) is 0 Å². The summed E-state index contributed by atoms with van der Waals surface area (Å²) in [5.41, 5.74) is 0. The third-order valence-corrected chi connectivity index (χ3v) is 6.06. The molecule has 6 nitrogen and oxygen atoms in total. The van der Waals surface area contributed by atoms with Crippen molar-refractivity contribution >= 4 is 15.9 Å². The molecular weight excluding hydrogens is 280 g/mol. The van der Waals surface area contributed by atoms with Crippen LogP contribution in [0, 0.1) is 5.92 Å². The predicted octanol–water partition coefficient (Wildman–Crippen LogP) is 0.384. The summed E-state index contributed by atoms with van der Waals surface area (Å²) in [5.74, 6) is 0.704. The smallest absolute Gasteiger partial charge is 0.317 e. The summed E-state index contributed by atoms with van der Waals surface area (Å²) < 4.78 is 28.2. The molecule has 2 saturated heterocycles. The molecule has 3 rings (SSSR count). The molecule has 0 bridgehead atoms. The van der Waals surface area contributed by atoms with E-state index in [0.717, 1.165) is 39.0 Å². The number of hydrogen-bond donors (Lipinski definition) is 1. The van der Waals surface area contributed by atoms with Gasteiger partial charge in [0.1, 0.15) is 0 Å². The monoisotopic (exact) mass is 302 g/mol. The second kappa shape index (κ2) is 5.52. The van der Waals surface area contributed by atoms with Crippen LogP contribution in [0.4, 0.5) is 4.79 Å². The van der Waals surface area contributed by atoms with E-state index in [9.17, 15) is 13.2 Å². The van der Waals surface area contributed by atoms with E-state index in [0.29, 0.717) is 18.4 Å². The van der Waals surface area contributed by atoms with Crippen molar-refractivity contribution < 1.29 is 17.9 Å².